The van der Waals surface area contributed by atoms with Crippen LogP contribution in [0.2, 0.25) is 0 Å². The molecule has 0 bridgehead atoms. The minimum Gasteiger partial charge on any atom is -0.379 e. The van der Waals surface area contributed by atoms with Gasteiger partial charge < -0.3 is 15.8 Å². The number of anilines is 2. The van der Waals surface area contributed by atoms with Crippen LogP contribution in [-0.2, 0) is 4.74 Å². The minimum atomic E-state index is -0.0818. The van der Waals surface area contributed by atoms with Crippen molar-refractivity contribution in [2.75, 3.05) is 24.3 Å². The molecule has 1 fully saturated rings. The second-order valence-electron chi connectivity index (χ2n) is 4.27. The average Bonchev–Trinajstić information content (AvgIpc) is 2.24. The Morgan fingerprint density at radius 1 is 1.62 bits per heavy atom. The minimum absolute atomic E-state index is 0.0818. The number of nitrogen functional groups attached to an aromatic ring is 1. The number of hydrogen-bond donors (Lipinski definition) is 2. The maximum atomic E-state index is 5.56. The number of aromatic nitrogens is 2. The van der Waals surface area contributed by atoms with Crippen molar-refractivity contribution in [2.45, 2.75) is 25.3 Å². The zero-order valence-corrected chi connectivity index (χ0v) is 10.7. The van der Waals surface area contributed by atoms with Gasteiger partial charge in [-0.25, -0.2) is 4.98 Å². The zero-order chi connectivity index (χ0) is 11.6. The van der Waals surface area contributed by atoms with Gasteiger partial charge in [-0.15, -0.1) is 0 Å². The molecule has 0 radical (unpaired) electrons. The zero-order valence-electron chi connectivity index (χ0n) is 9.16. The van der Waals surface area contributed by atoms with Crippen molar-refractivity contribution in [1.82, 2.24) is 9.97 Å². The molecule has 16 heavy (non-hydrogen) atoms. The van der Waals surface area contributed by atoms with Crippen molar-refractivity contribution in [3.05, 3.63) is 10.7 Å². The maximum absolute atomic E-state index is 5.56. The van der Waals surface area contributed by atoms with Gasteiger partial charge in [0.15, 0.2) is 0 Å². The van der Waals surface area contributed by atoms with E-state index in [0.717, 1.165) is 29.7 Å². The normalized spacial score (nSPS) is 25.4. The molecule has 2 heterocycles. The summed E-state index contributed by atoms with van der Waals surface area (Å²) in [5, 5.41) is 3.36. The van der Waals surface area contributed by atoms with Crippen molar-refractivity contribution in [3.63, 3.8) is 0 Å². The summed E-state index contributed by atoms with van der Waals surface area (Å²) in [6.45, 7) is 3.64. The van der Waals surface area contributed by atoms with E-state index in [9.17, 15) is 0 Å². The van der Waals surface area contributed by atoms with Crippen LogP contribution in [0.15, 0.2) is 10.7 Å². The van der Waals surface area contributed by atoms with Crippen LogP contribution in [-0.4, -0.2) is 28.7 Å². The summed E-state index contributed by atoms with van der Waals surface area (Å²) in [6.07, 6.45) is 3.77. The Morgan fingerprint density at radius 3 is 3.12 bits per heavy atom. The predicted molar refractivity (Wildman–Crippen MR) is 66.2 cm³/mol. The summed E-state index contributed by atoms with van der Waals surface area (Å²) < 4.78 is 6.29. The highest BCUT2D eigenvalue weighted by atomic mass is 79.9. The van der Waals surface area contributed by atoms with Crippen LogP contribution >= 0.6 is 15.9 Å². The fourth-order valence-electron chi connectivity index (χ4n) is 1.79. The number of hydrogen-bond acceptors (Lipinski definition) is 5. The molecule has 5 nitrogen and oxygen atoms in total. The number of nitrogens with two attached hydrogens (primary N) is 1. The lowest BCUT2D eigenvalue weighted by molar-refractivity contribution is 0.0538. The number of nitrogens with one attached hydrogen (secondary N) is 1. The topological polar surface area (TPSA) is 73.1 Å². The molecule has 0 amide bonds. The predicted octanol–water partition coefficient (Wildman–Crippen LogP) is 1.80. The van der Waals surface area contributed by atoms with Crippen LogP contribution in [0.4, 0.5) is 11.8 Å². The summed E-state index contributed by atoms with van der Waals surface area (Å²) in [4.78, 5) is 8.07. The smallest absolute Gasteiger partial charge is 0.221 e. The van der Waals surface area contributed by atoms with E-state index in [1.165, 1.54) is 0 Å². The standard InChI is InChI=1S/C10H15BrN4O/c1-10(3-2-4-16-6-10)15-8-7(11)5-13-9(12)14-8/h5H,2-4,6H2,1H3,(H3,12,13,14,15). The van der Waals surface area contributed by atoms with Gasteiger partial charge in [-0.05, 0) is 35.7 Å². The maximum Gasteiger partial charge on any atom is 0.221 e. The first-order valence-corrected chi connectivity index (χ1v) is 6.02. The molecule has 1 unspecified atom stereocenters. The fourth-order valence-corrected chi connectivity index (χ4v) is 2.08. The first kappa shape index (κ1) is 11.6. The van der Waals surface area contributed by atoms with E-state index < -0.39 is 0 Å². The average molecular weight is 287 g/mol. The Bertz CT molecular complexity index is 379. The molecule has 1 aliphatic rings. The molecule has 1 aromatic heterocycles. The molecule has 3 N–H and O–H groups in total. The van der Waals surface area contributed by atoms with Crippen molar-refractivity contribution in [3.8, 4) is 0 Å². The van der Waals surface area contributed by atoms with Gasteiger partial charge in [-0.2, -0.15) is 4.98 Å². The first-order chi connectivity index (χ1) is 7.59. The Balaban J connectivity index is 2.15. The van der Waals surface area contributed by atoms with Gasteiger partial charge in [0.1, 0.15) is 5.82 Å². The molecule has 88 valence electrons. The summed E-state index contributed by atoms with van der Waals surface area (Å²) in [5.41, 5.74) is 5.48. The van der Waals surface area contributed by atoms with Crippen molar-refractivity contribution in [2.24, 2.45) is 0 Å². The van der Waals surface area contributed by atoms with E-state index >= 15 is 0 Å². The molecular weight excluding hydrogens is 272 g/mol. The van der Waals surface area contributed by atoms with Crippen LogP contribution in [0.5, 0.6) is 0 Å². The van der Waals surface area contributed by atoms with E-state index in [1.807, 2.05) is 0 Å². The molecule has 0 aliphatic carbocycles. The molecule has 6 heteroatoms. The monoisotopic (exact) mass is 286 g/mol. The van der Waals surface area contributed by atoms with Crippen LogP contribution in [0.3, 0.4) is 0 Å². The quantitative estimate of drug-likeness (QED) is 0.867. The Kier molecular flexibility index (Phi) is 3.30. The summed E-state index contributed by atoms with van der Waals surface area (Å²) in [6, 6.07) is 0. The lowest BCUT2D eigenvalue weighted by atomic mass is 9.95. The third-order valence-corrected chi connectivity index (χ3v) is 3.20. The second-order valence-corrected chi connectivity index (χ2v) is 5.12. The third-order valence-electron chi connectivity index (χ3n) is 2.62. The molecular formula is C10H15BrN4O. The summed E-state index contributed by atoms with van der Waals surface area (Å²) in [5.74, 6) is 0.992. The molecule has 1 saturated heterocycles. The van der Waals surface area contributed by atoms with E-state index in [-0.39, 0.29) is 11.5 Å². The number of rotatable bonds is 2. The Labute approximate surface area is 103 Å². The van der Waals surface area contributed by atoms with Gasteiger partial charge in [0.05, 0.1) is 16.6 Å². The molecule has 0 saturated carbocycles. The highest BCUT2D eigenvalue weighted by Gasteiger charge is 2.28. The van der Waals surface area contributed by atoms with Gasteiger partial charge in [0, 0.05) is 12.8 Å². The largest absolute Gasteiger partial charge is 0.379 e. The van der Waals surface area contributed by atoms with Crippen molar-refractivity contribution >= 4 is 27.7 Å². The van der Waals surface area contributed by atoms with Gasteiger partial charge in [-0.1, -0.05) is 0 Å². The fraction of sp³-hybridized carbons (Fsp3) is 0.600. The van der Waals surface area contributed by atoms with E-state index in [4.69, 9.17) is 10.5 Å². The van der Waals surface area contributed by atoms with Crippen molar-refractivity contribution in [1.29, 1.82) is 0 Å². The van der Waals surface area contributed by atoms with Crippen LogP contribution in [0.25, 0.3) is 0 Å². The Hall–Kier alpha value is -0.880. The highest BCUT2D eigenvalue weighted by Crippen LogP contribution is 2.27. The second kappa shape index (κ2) is 4.55. The lowest BCUT2D eigenvalue weighted by Crippen LogP contribution is -2.43. The molecule has 0 spiro atoms. The molecule has 2 rings (SSSR count). The van der Waals surface area contributed by atoms with E-state index in [1.54, 1.807) is 6.20 Å². The highest BCUT2D eigenvalue weighted by molar-refractivity contribution is 9.10. The number of nitrogens with zero attached hydrogens (tertiary/aromatic N) is 2. The number of ether oxygens (including phenoxy) is 1. The molecule has 1 aliphatic heterocycles. The van der Waals surface area contributed by atoms with Crippen molar-refractivity contribution < 1.29 is 4.74 Å². The van der Waals surface area contributed by atoms with Crippen LogP contribution in [0, 0.1) is 0 Å². The number of halogens is 1. The first-order valence-electron chi connectivity index (χ1n) is 5.23. The Morgan fingerprint density at radius 2 is 2.44 bits per heavy atom. The van der Waals surface area contributed by atoms with Crippen LogP contribution < -0.4 is 11.1 Å². The van der Waals surface area contributed by atoms with Gasteiger partial charge in [0.2, 0.25) is 5.95 Å². The summed E-state index contributed by atoms with van der Waals surface area (Å²) >= 11 is 3.40. The van der Waals surface area contributed by atoms with Gasteiger partial charge in [-0.3, -0.25) is 0 Å². The van der Waals surface area contributed by atoms with Gasteiger partial charge >= 0.3 is 0 Å². The molecule has 1 atom stereocenters. The van der Waals surface area contributed by atoms with Crippen LogP contribution in [0.1, 0.15) is 19.8 Å². The SMILES string of the molecule is CC1(Nc2nc(N)ncc2Br)CCCOC1. The summed E-state index contributed by atoms with van der Waals surface area (Å²) in [7, 11) is 0. The lowest BCUT2D eigenvalue weighted by Gasteiger charge is -2.35. The molecule has 0 aromatic carbocycles. The van der Waals surface area contributed by atoms with E-state index in [0.29, 0.717) is 6.61 Å². The van der Waals surface area contributed by atoms with E-state index in [2.05, 4.69) is 38.1 Å². The van der Waals surface area contributed by atoms with Gasteiger partial charge in [0.25, 0.3) is 0 Å². The molecule has 1 aromatic rings. The third kappa shape index (κ3) is 2.62.